The predicted molar refractivity (Wildman–Crippen MR) is 120 cm³/mol. The fourth-order valence-electron chi connectivity index (χ4n) is 4.08. The van der Waals surface area contributed by atoms with Gasteiger partial charge in [-0.2, -0.15) is 0 Å². The summed E-state index contributed by atoms with van der Waals surface area (Å²) in [6, 6.07) is 15.6. The summed E-state index contributed by atoms with van der Waals surface area (Å²) in [6.45, 7) is 4.02. The SMILES string of the molecule is CN(C)CCN(CC1CCCN(Cc2ccccc2F)C1)C(=O)C(=O)c1ccccc1. The first-order chi connectivity index (χ1) is 14.9. The minimum atomic E-state index is -0.460. The molecule has 6 heteroatoms. The molecular weight excluding hydrogens is 393 g/mol. The molecule has 0 bridgehead atoms. The zero-order valence-electron chi connectivity index (χ0n) is 18.5. The highest BCUT2D eigenvalue weighted by atomic mass is 19.1. The Hall–Kier alpha value is -2.57. The normalized spacial score (nSPS) is 17.0. The van der Waals surface area contributed by atoms with Crippen molar-refractivity contribution in [2.45, 2.75) is 19.4 Å². The van der Waals surface area contributed by atoms with Gasteiger partial charge < -0.3 is 9.80 Å². The summed E-state index contributed by atoms with van der Waals surface area (Å²) < 4.78 is 14.1. The van der Waals surface area contributed by atoms with Gasteiger partial charge in [0, 0.05) is 43.9 Å². The number of Topliss-reactive ketones (excluding diaryl/α,β-unsaturated/α-hetero) is 1. The number of benzene rings is 2. The number of carbonyl (C=O) groups excluding carboxylic acids is 2. The van der Waals surface area contributed by atoms with E-state index in [4.69, 9.17) is 0 Å². The molecule has 3 rings (SSSR count). The number of halogens is 1. The lowest BCUT2D eigenvalue weighted by atomic mass is 9.96. The first-order valence-corrected chi connectivity index (χ1v) is 10.9. The van der Waals surface area contributed by atoms with E-state index in [0.717, 1.165) is 25.9 Å². The summed E-state index contributed by atoms with van der Waals surface area (Å²) in [5.41, 5.74) is 1.12. The molecule has 0 aromatic heterocycles. The minimum absolute atomic E-state index is 0.180. The second-order valence-corrected chi connectivity index (χ2v) is 8.58. The Morgan fingerprint density at radius 3 is 2.45 bits per heavy atom. The summed E-state index contributed by atoms with van der Waals surface area (Å²) in [6.07, 6.45) is 2.00. The Morgan fingerprint density at radius 2 is 1.74 bits per heavy atom. The van der Waals surface area contributed by atoms with E-state index in [0.29, 0.717) is 37.3 Å². The van der Waals surface area contributed by atoms with Crippen LogP contribution in [0, 0.1) is 11.7 Å². The maximum absolute atomic E-state index is 14.1. The second-order valence-electron chi connectivity index (χ2n) is 8.58. The van der Waals surface area contributed by atoms with Gasteiger partial charge in [-0.25, -0.2) is 4.39 Å². The molecule has 0 radical (unpaired) electrons. The average molecular weight is 426 g/mol. The molecule has 1 amide bonds. The molecule has 1 atom stereocenters. The molecule has 2 aromatic carbocycles. The van der Waals surface area contributed by atoms with E-state index in [1.54, 1.807) is 35.2 Å². The van der Waals surface area contributed by atoms with E-state index in [9.17, 15) is 14.0 Å². The quantitative estimate of drug-likeness (QED) is 0.457. The Labute approximate surface area is 184 Å². The third kappa shape index (κ3) is 6.71. The highest BCUT2D eigenvalue weighted by Crippen LogP contribution is 2.21. The van der Waals surface area contributed by atoms with Gasteiger partial charge in [0.2, 0.25) is 5.78 Å². The number of ketones is 1. The lowest BCUT2D eigenvalue weighted by Gasteiger charge is -2.36. The number of likely N-dealkylation sites (tertiary alicyclic amines) is 1. The van der Waals surface area contributed by atoms with E-state index in [1.807, 2.05) is 37.2 Å². The van der Waals surface area contributed by atoms with Crippen molar-refractivity contribution in [3.63, 3.8) is 0 Å². The number of rotatable bonds is 9. The second kappa shape index (κ2) is 11.2. The topological polar surface area (TPSA) is 43.9 Å². The zero-order chi connectivity index (χ0) is 22.2. The highest BCUT2D eigenvalue weighted by molar-refractivity contribution is 6.42. The summed E-state index contributed by atoms with van der Waals surface area (Å²) in [5, 5.41) is 0. The Balaban J connectivity index is 1.66. The van der Waals surface area contributed by atoms with Gasteiger partial charge in [0.05, 0.1) is 0 Å². The molecule has 0 aliphatic carbocycles. The first-order valence-electron chi connectivity index (χ1n) is 10.9. The standard InChI is InChI=1S/C25H32FN3O2/c1-27(2)15-16-29(25(31)24(30)21-10-4-3-5-11-21)18-20-9-8-14-28(17-20)19-22-12-6-7-13-23(22)26/h3-7,10-13,20H,8-9,14-19H2,1-2H3. The molecular formula is C25H32FN3O2. The summed E-state index contributed by atoms with van der Waals surface area (Å²) in [4.78, 5) is 31.8. The smallest absolute Gasteiger partial charge is 0.295 e. The van der Waals surface area contributed by atoms with Gasteiger partial charge in [-0.3, -0.25) is 14.5 Å². The van der Waals surface area contributed by atoms with Gasteiger partial charge in [0.15, 0.2) is 0 Å². The van der Waals surface area contributed by atoms with Crippen LogP contribution in [0.15, 0.2) is 54.6 Å². The van der Waals surface area contributed by atoms with Crippen molar-refractivity contribution in [2.75, 3.05) is 46.8 Å². The molecule has 31 heavy (non-hydrogen) atoms. The first kappa shape index (κ1) is 23.1. The molecule has 1 heterocycles. The number of amides is 1. The van der Waals surface area contributed by atoms with Gasteiger partial charge >= 0.3 is 0 Å². The summed E-state index contributed by atoms with van der Waals surface area (Å²) in [7, 11) is 3.91. The molecule has 5 nitrogen and oxygen atoms in total. The lowest BCUT2D eigenvalue weighted by Crippen LogP contribution is -2.46. The fourth-order valence-corrected chi connectivity index (χ4v) is 4.08. The fraction of sp³-hybridized carbons (Fsp3) is 0.440. The van der Waals surface area contributed by atoms with Crippen LogP contribution in [-0.2, 0) is 11.3 Å². The molecule has 1 saturated heterocycles. The lowest BCUT2D eigenvalue weighted by molar-refractivity contribution is -0.127. The number of hydrogen-bond acceptors (Lipinski definition) is 4. The van der Waals surface area contributed by atoms with Crippen molar-refractivity contribution >= 4 is 11.7 Å². The summed E-state index contributed by atoms with van der Waals surface area (Å²) >= 11 is 0. The van der Waals surface area contributed by atoms with E-state index in [1.165, 1.54) is 6.07 Å². The maximum atomic E-state index is 14.1. The van der Waals surface area contributed by atoms with Crippen LogP contribution in [0.3, 0.4) is 0 Å². The number of hydrogen-bond donors (Lipinski definition) is 0. The Kier molecular flexibility index (Phi) is 8.32. The van der Waals surface area contributed by atoms with Crippen LogP contribution in [-0.4, -0.2) is 73.2 Å². The molecule has 1 unspecified atom stereocenters. The molecule has 1 aliphatic rings. The van der Waals surface area contributed by atoms with E-state index in [-0.39, 0.29) is 11.7 Å². The Morgan fingerprint density at radius 1 is 1.03 bits per heavy atom. The molecule has 0 saturated carbocycles. The van der Waals surface area contributed by atoms with Gasteiger partial charge in [-0.1, -0.05) is 48.5 Å². The van der Waals surface area contributed by atoms with Crippen molar-refractivity contribution in [3.8, 4) is 0 Å². The van der Waals surface area contributed by atoms with Gasteiger partial charge in [-0.15, -0.1) is 0 Å². The van der Waals surface area contributed by atoms with Gasteiger partial charge in [0.25, 0.3) is 5.91 Å². The zero-order valence-corrected chi connectivity index (χ0v) is 18.5. The predicted octanol–water partition coefficient (Wildman–Crippen LogP) is 3.31. The van der Waals surface area contributed by atoms with E-state index < -0.39 is 11.7 Å². The third-order valence-corrected chi connectivity index (χ3v) is 5.77. The number of likely N-dealkylation sites (N-methyl/N-ethyl adjacent to an activating group) is 1. The average Bonchev–Trinajstić information content (AvgIpc) is 2.78. The summed E-state index contributed by atoms with van der Waals surface area (Å²) in [5.74, 6) is -0.825. The molecule has 1 aliphatic heterocycles. The highest BCUT2D eigenvalue weighted by Gasteiger charge is 2.28. The van der Waals surface area contributed by atoms with Crippen LogP contribution in [0.5, 0.6) is 0 Å². The van der Waals surface area contributed by atoms with Gasteiger partial charge in [-0.05, 0) is 45.5 Å². The van der Waals surface area contributed by atoms with Crippen LogP contribution in [0.25, 0.3) is 0 Å². The van der Waals surface area contributed by atoms with Crippen molar-refractivity contribution in [1.82, 2.24) is 14.7 Å². The van der Waals surface area contributed by atoms with E-state index in [2.05, 4.69) is 4.90 Å². The van der Waals surface area contributed by atoms with Crippen molar-refractivity contribution in [1.29, 1.82) is 0 Å². The molecule has 1 fully saturated rings. The molecule has 166 valence electrons. The van der Waals surface area contributed by atoms with Crippen molar-refractivity contribution in [3.05, 3.63) is 71.5 Å². The third-order valence-electron chi connectivity index (χ3n) is 5.77. The minimum Gasteiger partial charge on any atom is -0.334 e. The van der Waals surface area contributed by atoms with Crippen LogP contribution >= 0.6 is 0 Å². The number of carbonyl (C=O) groups is 2. The molecule has 0 spiro atoms. The number of nitrogens with zero attached hydrogens (tertiary/aromatic N) is 3. The van der Waals surface area contributed by atoms with E-state index >= 15 is 0 Å². The Bertz CT molecular complexity index is 872. The molecule has 0 N–H and O–H groups in total. The van der Waals surface area contributed by atoms with Crippen LogP contribution in [0.2, 0.25) is 0 Å². The molecule has 2 aromatic rings. The van der Waals surface area contributed by atoms with Crippen molar-refractivity contribution in [2.24, 2.45) is 5.92 Å². The van der Waals surface area contributed by atoms with Crippen LogP contribution in [0.1, 0.15) is 28.8 Å². The van der Waals surface area contributed by atoms with Crippen LogP contribution in [0.4, 0.5) is 4.39 Å². The van der Waals surface area contributed by atoms with Gasteiger partial charge in [0.1, 0.15) is 5.82 Å². The number of piperidine rings is 1. The van der Waals surface area contributed by atoms with Crippen LogP contribution < -0.4 is 0 Å². The maximum Gasteiger partial charge on any atom is 0.295 e. The monoisotopic (exact) mass is 425 g/mol. The largest absolute Gasteiger partial charge is 0.334 e. The van der Waals surface area contributed by atoms with Crippen molar-refractivity contribution < 1.29 is 14.0 Å².